The maximum atomic E-state index is 11.7. The normalized spacial score (nSPS) is 10.4. The van der Waals surface area contributed by atoms with Gasteiger partial charge in [0.1, 0.15) is 5.82 Å². The van der Waals surface area contributed by atoms with Crippen molar-refractivity contribution < 1.29 is 4.79 Å². The molecule has 0 aliphatic heterocycles. The Balaban J connectivity index is 2.22. The fraction of sp³-hybridized carbons (Fsp3) is 0.235. The van der Waals surface area contributed by atoms with E-state index >= 15 is 0 Å². The highest BCUT2D eigenvalue weighted by molar-refractivity contribution is 7.99. The molecule has 0 saturated heterocycles. The molecule has 2 aromatic rings. The monoisotopic (exact) mass is 362 g/mol. The van der Waals surface area contributed by atoms with Gasteiger partial charge in [0.05, 0.1) is 11.4 Å². The molecule has 0 bridgehead atoms. The Labute approximate surface area is 150 Å². The van der Waals surface area contributed by atoms with E-state index in [4.69, 9.17) is 17.3 Å². The van der Waals surface area contributed by atoms with E-state index in [0.717, 1.165) is 16.8 Å². The van der Waals surface area contributed by atoms with Crippen molar-refractivity contribution in [3.8, 4) is 11.1 Å². The highest BCUT2D eigenvalue weighted by atomic mass is 35.5. The predicted molar refractivity (Wildman–Crippen MR) is 100 cm³/mol. The molecule has 24 heavy (non-hydrogen) atoms. The van der Waals surface area contributed by atoms with Crippen molar-refractivity contribution in [3.05, 3.63) is 47.6 Å². The summed E-state index contributed by atoms with van der Waals surface area (Å²) in [5.41, 5.74) is 8.73. The van der Waals surface area contributed by atoms with Crippen LogP contribution in [0.1, 0.15) is 12.6 Å². The molecular formula is C17H19ClN4OS. The predicted octanol–water partition coefficient (Wildman–Crippen LogP) is 3.34. The van der Waals surface area contributed by atoms with Gasteiger partial charge in [0, 0.05) is 17.1 Å². The van der Waals surface area contributed by atoms with Crippen molar-refractivity contribution in [2.75, 3.05) is 18.0 Å². The summed E-state index contributed by atoms with van der Waals surface area (Å²) in [6.07, 6.45) is 2.34. The topological polar surface area (TPSA) is 80.9 Å². The van der Waals surface area contributed by atoms with E-state index in [0.29, 0.717) is 29.0 Å². The molecule has 0 aliphatic rings. The molecule has 0 spiro atoms. The number of amides is 1. The summed E-state index contributed by atoms with van der Waals surface area (Å²) in [6.45, 7) is 6.01. The van der Waals surface area contributed by atoms with Crippen molar-refractivity contribution in [3.63, 3.8) is 0 Å². The third-order valence-corrected chi connectivity index (χ3v) is 4.33. The van der Waals surface area contributed by atoms with Crippen LogP contribution in [0.4, 0.5) is 5.82 Å². The Bertz CT molecular complexity index is 734. The highest BCUT2D eigenvalue weighted by Crippen LogP contribution is 2.30. The first kappa shape index (κ1) is 18.3. The van der Waals surface area contributed by atoms with Crippen LogP contribution in [-0.2, 0) is 11.2 Å². The molecule has 0 aliphatic carbocycles. The van der Waals surface area contributed by atoms with Crippen molar-refractivity contribution in [2.24, 2.45) is 0 Å². The third-order valence-electron chi connectivity index (χ3n) is 3.24. The van der Waals surface area contributed by atoms with Crippen molar-refractivity contribution >= 4 is 35.1 Å². The molecule has 3 N–H and O–H groups in total. The molecule has 0 unspecified atom stereocenters. The lowest BCUT2D eigenvalue weighted by Crippen LogP contribution is -2.25. The zero-order valence-electron chi connectivity index (χ0n) is 13.4. The van der Waals surface area contributed by atoms with Gasteiger partial charge in [-0.3, -0.25) is 4.79 Å². The summed E-state index contributed by atoms with van der Waals surface area (Å²) in [6, 6.07) is 7.41. The summed E-state index contributed by atoms with van der Waals surface area (Å²) in [4.78, 5) is 20.5. The number of carbonyl (C=O) groups excluding carboxylic acids is 1. The van der Waals surface area contributed by atoms with Gasteiger partial charge in [-0.05, 0) is 24.1 Å². The average molecular weight is 363 g/mol. The van der Waals surface area contributed by atoms with Gasteiger partial charge < -0.3 is 11.1 Å². The number of hydrogen-bond acceptors (Lipinski definition) is 5. The molecule has 0 fully saturated rings. The molecule has 0 saturated carbocycles. The Kier molecular flexibility index (Phi) is 6.63. The summed E-state index contributed by atoms with van der Waals surface area (Å²) in [5.74, 6) is 0.538. The van der Waals surface area contributed by atoms with E-state index in [1.165, 1.54) is 11.8 Å². The molecule has 1 aromatic heterocycles. The van der Waals surface area contributed by atoms with Crippen LogP contribution in [0.2, 0.25) is 5.02 Å². The number of carbonyl (C=O) groups is 1. The second kappa shape index (κ2) is 8.70. The fourth-order valence-electron chi connectivity index (χ4n) is 2.12. The number of hydrogen-bond donors (Lipinski definition) is 2. The highest BCUT2D eigenvalue weighted by Gasteiger charge is 2.14. The Morgan fingerprint density at radius 2 is 2.08 bits per heavy atom. The van der Waals surface area contributed by atoms with Gasteiger partial charge in [-0.2, -0.15) is 0 Å². The van der Waals surface area contributed by atoms with Gasteiger partial charge in [0.2, 0.25) is 5.91 Å². The number of halogens is 1. The molecule has 5 nitrogen and oxygen atoms in total. The molecule has 7 heteroatoms. The first-order chi connectivity index (χ1) is 11.5. The zero-order valence-corrected chi connectivity index (χ0v) is 15.0. The lowest BCUT2D eigenvalue weighted by atomic mass is 10.0. The Morgan fingerprint density at radius 1 is 1.38 bits per heavy atom. The molecule has 1 heterocycles. The zero-order chi connectivity index (χ0) is 17.5. The molecule has 0 radical (unpaired) electrons. The van der Waals surface area contributed by atoms with Gasteiger partial charge >= 0.3 is 0 Å². The van der Waals surface area contributed by atoms with E-state index < -0.39 is 0 Å². The first-order valence-corrected chi connectivity index (χ1v) is 8.84. The van der Waals surface area contributed by atoms with E-state index in [2.05, 4.69) is 21.9 Å². The van der Waals surface area contributed by atoms with Crippen LogP contribution in [0.5, 0.6) is 0 Å². The van der Waals surface area contributed by atoms with E-state index in [-0.39, 0.29) is 11.7 Å². The van der Waals surface area contributed by atoms with Crippen molar-refractivity contribution in [1.82, 2.24) is 15.3 Å². The summed E-state index contributed by atoms with van der Waals surface area (Å²) in [7, 11) is 0. The van der Waals surface area contributed by atoms with Crippen LogP contribution in [0.15, 0.2) is 42.1 Å². The molecule has 126 valence electrons. The second-order valence-electron chi connectivity index (χ2n) is 4.95. The van der Waals surface area contributed by atoms with Gasteiger partial charge in [-0.15, -0.1) is 6.58 Å². The number of nitrogens with one attached hydrogen (secondary N) is 1. The van der Waals surface area contributed by atoms with Crippen LogP contribution in [0, 0.1) is 0 Å². The van der Waals surface area contributed by atoms with Gasteiger partial charge in [0.15, 0.2) is 5.16 Å². The number of rotatable bonds is 7. The summed E-state index contributed by atoms with van der Waals surface area (Å²) in [5, 5.41) is 3.87. The molecule has 2 rings (SSSR count). The van der Waals surface area contributed by atoms with E-state index in [9.17, 15) is 4.79 Å². The minimum Gasteiger partial charge on any atom is -0.383 e. The summed E-state index contributed by atoms with van der Waals surface area (Å²) < 4.78 is 0. The largest absolute Gasteiger partial charge is 0.383 e. The fourth-order valence-corrected chi connectivity index (χ4v) is 2.95. The van der Waals surface area contributed by atoms with Gasteiger partial charge in [-0.25, -0.2) is 9.97 Å². The quantitative estimate of drug-likeness (QED) is 0.448. The standard InChI is InChI=1S/C17H19ClN4OS/c1-3-9-20-14(23)10-24-17-21-13(4-2)15(16(19)22-17)11-5-7-12(18)8-6-11/h3,5-8H,1,4,9-10H2,2H3,(H,20,23)(H2,19,21,22). The number of nitrogens with zero attached hydrogens (tertiary/aromatic N) is 2. The lowest BCUT2D eigenvalue weighted by molar-refractivity contribution is -0.118. The molecule has 1 aromatic carbocycles. The number of nitrogen functional groups attached to an aromatic ring is 1. The minimum absolute atomic E-state index is 0.0955. The lowest BCUT2D eigenvalue weighted by Gasteiger charge is -2.12. The van der Waals surface area contributed by atoms with Crippen LogP contribution in [0.25, 0.3) is 11.1 Å². The van der Waals surface area contributed by atoms with E-state index in [1.54, 1.807) is 6.08 Å². The number of benzene rings is 1. The number of anilines is 1. The van der Waals surface area contributed by atoms with Crippen LogP contribution in [0.3, 0.4) is 0 Å². The average Bonchev–Trinajstić information content (AvgIpc) is 2.58. The van der Waals surface area contributed by atoms with Crippen LogP contribution < -0.4 is 11.1 Å². The number of nitrogens with two attached hydrogens (primary N) is 1. The maximum absolute atomic E-state index is 11.7. The smallest absolute Gasteiger partial charge is 0.230 e. The third kappa shape index (κ3) is 4.72. The molecule has 0 atom stereocenters. The van der Waals surface area contributed by atoms with Gasteiger partial charge in [-0.1, -0.05) is 48.5 Å². The number of thioether (sulfide) groups is 1. The number of aromatic nitrogens is 2. The maximum Gasteiger partial charge on any atom is 0.230 e. The van der Waals surface area contributed by atoms with Crippen molar-refractivity contribution in [1.29, 1.82) is 0 Å². The van der Waals surface area contributed by atoms with Crippen molar-refractivity contribution in [2.45, 2.75) is 18.5 Å². The van der Waals surface area contributed by atoms with Gasteiger partial charge in [0.25, 0.3) is 0 Å². The number of aryl methyl sites for hydroxylation is 1. The Hall–Kier alpha value is -2.05. The van der Waals surface area contributed by atoms with Crippen LogP contribution in [-0.4, -0.2) is 28.2 Å². The summed E-state index contributed by atoms with van der Waals surface area (Å²) >= 11 is 7.19. The molecule has 1 amide bonds. The SMILES string of the molecule is C=CCNC(=O)CSc1nc(N)c(-c2ccc(Cl)cc2)c(CC)n1. The Morgan fingerprint density at radius 3 is 2.71 bits per heavy atom. The van der Waals surface area contributed by atoms with Crippen LogP contribution >= 0.6 is 23.4 Å². The first-order valence-electron chi connectivity index (χ1n) is 7.47. The molecular weight excluding hydrogens is 344 g/mol. The minimum atomic E-state index is -0.0955. The second-order valence-corrected chi connectivity index (χ2v) is 6.33. The van der Waals surface area contributed by atoms with E-state index in [1.807, 2.05) is 31.2 Å².